The molecule has 28 heavy (non-hydrogen) atoms. The highest BCUT2D eigenvalue weighted by atomic mass is 19.4. The number of carbonyl (C=O) groups excluding carboxylic acids is 1. The molecule has 2 N–H and O–H groups in total. The molecule has 0 aliphatic heterocycles. The number of halogens is 3. The van der Waals surface area contributed by atoms with E-state index in [0.717, 1.165) is 6.07 Å². The highest BCUT2D eigenvalue weighted by molar-refractivity contribution is 6.04. The molecule has 0 aliphatic carbocycles. The van der Waals surface area contributed by atoms with E-state index in [2.05, 4.69) is 20.6 Å². The number of para-hydroxylation sites is 1. The van der Waals surface area contributed by atoms with E-state index >= 15 is 0 Å². The van der Waals surface area contributed by atoms with Crippen LogP contribution in [0.3, 0.4) is 0 Å². The predicted octanol–water partition coefficient (Wildman–Crippen LogP) is 4.50. The number of rotatable bonds is 5. The minimum atomic E-state index is -4.58. The molecule has 1 heterocycles. The molecule has 9 heteroatoms. The molecule has 0 saturated heterocycles. The van der Waals surface area contributed by atoms with E-state index in [4.69, 9.17) is 4.74 Å². The maximum absolute atomic E-state index is 13.0. The molecule has 2 aromatic carbocycles. The molecular weight excluding hydrogens is 373 g/mol. The number of amides is 1. The minimum Gasteiger partial charge on any atom is -0.497 e. The van der Waals surface area contributed by atoms with E-state index in [1.807, 2.05) is 0 Å². The highest BCUT2D eigenvalue weighted by Gasteiger charge is 2.33. The molecule has 1 aromatic heterocycles. The van der Waals surface area contributed by atoms with Gasteiger partial charge in [-0.1, -0.05) is 12.1 Å². The van der Waals surface area contributed by atoms with Gasteiger partial charge in [0.25, 0.3) is 5.91 Å². The van der Waals surface area contributed by atoms with Crippen molar-refractivity contribution in [3.8, 4) is 5.75 Å². The number of hydrogen-bond acceptors (Lipinski definition) is 5. The third kappa shape index (κ3) is 4.56. The van der Waals surface area contributed by atoms with Gasteiger partial charge in [-0.15, -0.1) is 0 Å². The quantitative estimate of drug-likeness (QED) is 0.673. The third-order valence-electron chi connectivity index (χ3n) is 3.74. The molecule has 0 unspecified atom stereocenters. The Labute approximate surface area is 158 Å². The normalized spacial score (nSPS) is 11.0. The van der Waals surface area contributed by atoms with E-state index in [1.54, 1.807) is 31.4 Å². The smallest absolute Gasteiger partial charge is 0.418 e. The van der Waals surface area contributed by atoms with Gasteiger partial charge in [-0.25, -0.2) is 9.97 Å². The summed E-state index contributed by atoms with van der Waals surface area (Å²) in [4.78, 5) is 20.3. The van der Waals surface area contributed by atoms with Gasteiger partial charge >= 0.3 is 6.18 Å². The van der Waals surface area contributed by atoms with E-state index < -0.39 is 17.6 Å². The average Bonchev–Trinajstić information content (AvgIpc) is 2.69. The van der Waals surface area contributed by atoms with Crippen molar-refractivity contribution in [1.82, 2.24) is 9.97 Å². The van der Waals surface area contributed by atoms with Crippen LogP contribution in [0.25, 0.3) is 0 Å². The lowest BCUT2D eigenvalue weighted by Crippen LogP contribution is -2.17. The van der Waals surface area contributed by atoms with Crippen molar-refractivity contribution in [1.29, 1.82) is 0 Å². The molecule has 0 radical (unpaired) electrons. The minimum absolute atomic E-state index is 0.0252. The summed E-state index contributed by atoms with van der Waals surface area (Å²) in [6.45, 7) is 0. The molecule has 0 atom stereocenters. The van der Waals surface area contributed by atoms with Crippen molar-refractivity contribution in [2.75, 3.05) is 17.7 Å². The largest absolute Gasteiger partial charge is 0.497 e. The molecule has 3 rings (SSSR count). The van der Waals surface area contributed by atoms with Crippen molar-refractivity contribution >= 4 is 23.2 Å². The number of methoxy groups -OCH3 is 1. The van der Waals surface area contributed by atoms with Gasteiger partial charge in [0.05, 0.1) is 23.9 Å². The number of carbonyl (C=O) groups is 1. The van der Waals surface area contributed by atoms with E-state index in [0.29, 0.717) is 11.4 Å². The summed E-state index contributed by atoms with van der Waals surface area (Å²) in [6, 6.07) is 11.8. The Balaban J connectivity index is 1.70. The van der Waals surface area contributed by atoms with E-state index in [-0.39, 0.29) is 17.2 Å². The lowest BCUT2D eigenvalue weighted by molar-refractivity contribution is -0.136. The topological polar surface area (TPSA) is 76.1 Å². The summed E-state index contributed by atoms with van der Waals surface area (Å²) in [5.74, 6) is 0.183. The Morgan fingerprint density at radius 3 is 2.25 bits per heavy atom. The Morgan fingerprint density at radius 2 is 1.64 bits per heavy atom. The second kappa shape index (κ2) is 7.95. The molecule has 0 aliphatic rings. The van der Waals surface area contributed by atoms with Gasteiger partial charge in [-0.05, 0) is 36.4 Å². The standard InChI is InChI=1S/C19H15F3N4O2/c1-28-14-8-6-13(7-9-14)25-18-23-10-12(11-24-18)17(27)26-16-5-3-2-4-15(16)19(20,21)22/h2-11H,1H3,(H,26,27)(H,23,24,25). The zero-order valence-electron chi connectivity index (χ0n) is 14.6. The Morgan fingerprint density at radius 1 is 1.00 bits per heavy atom. The van der Waals surface area contributed by atoms with Gasteiger partial charge in [0.1, 0.15) is 5.75 Å². The van der Waals surface area contributed by atoms with Gasteiger partial charge in [0.15, 0.2) is 0 Å². The molecule has 0 spiro atoms. The highest BCUT2D eigenvalue weighted by Crippen LogP contribution is 2.34. The number of nitrogens with one attached hydrogen (secondary N) is 2. The van der Waals surface area contributed by atoms with Crippen molar-refractivity contribution in [2.45, 2.75) is 6.18 Å². The van der Waals surface area contributed by atoms with Gasteiger partial charge in [0.2, 0.25) is 5.95 Å². The lowest BCUT2D eigenvalue weighted by Gasteiger charge is -2.13. The molecule has 6 nitrogen and oxygen atoms in total. The Bertz CT molecular complexity index is 958. The van der Waals surface area contributed by atoms with Gasteiger partial charge < -0.3 is 15.4 Å². The number of alkyl halides is 3. The summed E-state index contributed by atoms with van der Waals surface area (Å²) in [6.07, 6.45) is -2.12. The summed E-state index contributed by atoms with van der Waals surface area (Å²) >= 11 is 0. The Kier molecular flexibility index (Phi) is 5.44. The molecular formula is C19H15F3N4O2. The van der Waals surface area contributed by atoms with Crippen LogP contribution in [0.2, 0.25) is 0 Å². The van der Waals surface area contributed by atoms with Crippen molar-refractivity contribution in [3.05, 3.63) is 72.1 Å². The maximum atomic E-state index is 13.0. The number of nitrogens with zero attached hydrogens (tertiary/aromatic N) is 2. The van der Waals surface area contributed by atoms with Crippen molar-refractivity contribution < 1.29 is 22.7 Å². The summed E-state index contributed by atoms with van der Waals surface area (Å²) in [7, 11) is 1.56. The first-order valence-electron chi connectivity index (χ1n) is 8.07. The molecule has 3 aromatic rings. The molecule has 0 fully saturated rings. The molecule has 0 saturated carbocycles. The summed E-state index contributed by atoms with van der Waals surface area (Å²) in [5, 5.41) is 5.18. The predicted molar refractivity (Wildman–Crippen MR) is 97.7 cm³/mol. The van der Waals surface area contributed by atoms with Crippen LogP contribution in [0.5, 0.6) is 5.75 Å². The van der Waals surface area contributed by atoms with Crippen LogP contribution in [0.15, 0.2) is 60.9 Å². The van der Waals surface area contributed by atoms with Crippen LogP contribution in [-0.2, 0) is 6.18 Å². The van der Waals surface area contributed by atoms with Crippen LogP contribution in [0.1, 0.15) is 15.9 Å². The van der Waals surface area contributed by atoms with Gasteiger partial charge in [-0.2, -0.15) is 13.2 Å². The van der Waals surface area contributed by atoms with Crippen LogP contribution in [0.4, 0.5) is 30.5 Å². The number of benzene rings is 2. The second-order valence-corrected chi connectivity index (χ2v) is 5.65. The fraction of sp³-hybridized carbons (Fsp3) is 0.105. The Hall–Kier alpha value is -3.62. The number of ether oxygens (including phenoxy) is 1. The summed E-state index contributed by atoms with van der Waals surface area (Å²) < 4.78 is 44.1. The summed E-state index contributed by atoms with van der Waals surface area (Å²) in [5.41, 5.74) is -0.531. The van der Waals surface area contributed by atoms with E-state index in [9.17, 15) is 18.0 Å². The van der Waals surface area contributed by atoms with E-state index in [1.165, 1.54) is 30.6 Å². The van der Waals surface area contributed by atoms with Gasteiger partial charge in [-0.3, -0.25) is 4.79 Å². The zero-order valence-corrected chi connectivity index (χ0v) is 14.6. The second-order valence-electron chi connectivity index (χ2n) is 5.65. The van der Waals surface area contributed by atoms with Crippen molar-refractivity contribution in [3.63, 3.8) is 0 Å². The number of hydrogen-bond donors (Lipinski definition) is 2. The molecule has 1 amide bonds. The molecule has 144 valence electrons. The first kappa shape index (κ1) is 19.2. The first-order chi connectivity index (χ1) is 13.4. The fourth-order valence-electron chi connectivity index (χ4n) is 2.35. The van der Waals surface area contributed by atoms with Crippen LogP contribution in [-0.4, -0.2) is 23.0 Å². The monoisotopic (exact) mass is 388 g/mol. The average molecular weight is 388 g/mol. The zero-order chi connectivity index (χ0) is 20.1. The number of aromatic nitrogens is 2. The van der Waals surface area contributed by atoms with Crippen LogP contribution >= 0.6 is 0 Å². The third-order valence-corrected chi connectivity index (χ3v) is 3.74. The van der Waals surface area contributed by atoms with Gasteiger partial charge in [0, 0.05) is 18.1 Å². The SMILES string of the molecule is COc1ccc(Nc2ncc(C(=O)Nc3ccccc3C(F)(F)F)cn2)cc1. The van der Waals surface area contributed by atoms with Crippen LogP contribution in [0, 0.1) is 0 Å². The number of anilines is 3. The van der Waals surface area contributed by atoms with Crippen LogP contribution < -0.4 is 15.4 Å². The first-order valence-corrected chi connectivity index (χ1v) is 8.07. The van der Waals surface area contributed by atoms with Crippen molar-refractivity contribution in [2.24, 2.45) is 0 Å². The fourth-order valence-corrected chi connectivity index (χ4v) is 2.35. The lowest BCUT2D eigenvalue weighted by atomic mass is 10.1. The maximum Gasteiger partial charge on any atom is 0.418 e. The molecule has 0 bridgehead atoms.